The fourth-order valence-electron chi connectivity index (χ4n) is 1.82. The Morgan fingerprint density at radius 1 is 1.18 bits per heavy atom. The number of nitrogens with one attached hydrogen (secondary N) is 1. The number of benzene rings is 1. The summed E-state index contributed by atoms with van der Waals surface area (Å²) in [4.78, 5) is 0. The smallest absolute Gasteiger partial charge is 0.126 e. The van der Waals surface area contributed by atoms with Gasteiger partial charge in [-0.15, -0.1) is 0 Å². The fourth-order valence-corrected chi connectivity index (χ4v) is 1.82. The van der Waals surface area contributed by atoms with Crippen molar-refractivity contribution in [2.45, 2.75) is 33.1 Å². The first kappa shape index (κ1) is 14.1. The van der Waals surface area contributed by atoms with Gasteiger partial charge in [0.15, 0.2) is 0 Å². The summed E-state index contributed by atoms with van der Waals surface area (Å²) in [5.41, 5.74) is 0.860. The summed E-state index contributed by atoms with van der Waals surface area (Å²) in [6.45, 7) is 4.68. The summed E-state index contributed by atoms with van der Waals surface area (Å²) in [6.07, 6.45) is 2.56. The Balaban J connectivity index is 2.54. The van der Waals surface area contributed by atoms with E-state index in [-0.39, 0.29) is 11.6 Å². The quantitative estimate of drug-likeness (QED) is 0.804. The van der Waals surface area contributed by atoms with Crippen LogP contribution in [0.1, 0.15) is 30.9 Å². The van der Waals surface area contributed by atoms with E-state index < -0.39 is 0 Å². The van der Waals surface area contributed by atoms with Crippen molar-refractivity contribution in [1.82, 2.24) is 5.32 Å². The molecule has 0 radical (unpaired) electrons. The minimum Gasteiger partial charge on any atom is -0.320 e. The molecule has 1 N–H and O–H groups in total. The number of rotatable bonds is 6. The van der Waals surface area contributed by atoms with Crippen LogP contribution in [0.25, 0.3) is 0 Å². The summed E-state index contributed by atoms with van der Waals surface area (Å²) in [6, 6.07) is 2.61. The fraction of sp³-hybridized carbons (Fsp3) is 0.571. The SMILES string of the molecule is CNCCC(C)CCc1cc(F)c(C)cc1F. The van der Waals surface area contributed by atoms with Gasteiger partial charge in [0.2, 0.25) is 0 Å². The average molecular weight is 241 g/mol. The summed E-state index contributed by atoms with van der Waals surface area (Å²) in [5.74, 6) is -0.0831. The van der Waals surface area contributed by atoms with Crippen molar-refractivity contribution in [2.75, 3.05) is 13.6 Å². The maximum Gasteiger partial charge on any atom is 0.126 e. The van der Waals surface area contributed by atoms with Crippen LogP contribution < -0.4 is 5.32 Å². The summed E-state index contributed by atoms with van der Waals surface area (Å²) < 4.78 is 26.9. The zero-order valence-electron chi connectivity index (χ0n) is 10.8. The van der Waals surface area contributed by atoms with Crippen LogP contribution in [-0.4, -0.2) is 13.6 Å². The molecule has 3 heteroatoms. The standard InChI is InChI=1S/C14H21F2N/c1-10(6-7-17-3)4-5-12-9-13(15)11(2)8-14(12)16/h8-10,17H,4-7H2,1-3H3. The Kier molecular flexibility index (Phi) is 5.56. The lowest BCUT2D eigenvalue weighted by Gasteiger charge is -2.11. The molecule has 1 atom stereocenters. The third-order valence-electron chi connectivity index (χ3n) is 3.12. The van der Waals surface area contributed by atoms with Crippen LogP contribution in [0.4, 0.5) is 8.78 Å². The monoisotopic (exact) mass is 241 g/mol. The molecule has 17 heavy (non-hydrogen) atoms. The molecule has 0 bridgehead atoms. The molecule has 0 fully saturated rings. The van der Waals surface area contributed by atoms with Gasteiger partial charge in [0.05, 0.1) is 0 Å². The lowest BCUT2D eigenvalue weighted by Crippen LogP contribution is -2.12. The topological polar surface area (TPSA) is 12.0 Å². The lowest BCUT2D eigenvalue weighted by atomic mass is 9.97. The Bertz CT molecular complexity index is 363. The molecule has 0 aliphatic carbocycles. The average Bonchev–Trinajstić information content (AvgIpc) is 2.29. The molecule has 0 aliphatic heterocycles. The zero-order valence-corrected chi connectivity index (χ0v) is 10.8. The van der Waals surface area contributed by atoms with Crippen LogP contribution in [0, 0.1) is 24.5 Å². The van der Waals surface area contributed by atoms with E-state index in [0.29, 0.717) is 23.5 Å². The molecule has 1 nitrogen and oxygen atoms in total. The highest BCUT2D eigenvalue weighted by molar-refractivity contribution is 5.25. The van der Waals surface area contributed by atoms with E-state index in [9.17, 15) is 8.78 Å². The predicted molar refractivity (Wildman–Crippen MR) is 67.1 cm³/mol. The second-order valence-corrected chi connectivity index (χ2v) is 4.73. The Labute approximate surface area is 102 Å². The zero-order chi connectivity index (χ0) is 12.8. The molecule has 0 heterocycles. The van der Waals surface area contributed by atoms with Gasteiger partial charge in [-0.3, -0.25) is 0 Å². The number of aryl methyl sites for hydroxylation is 2. The highest BCUT2D eigenvalue weighted by Crippen LogP contribution is 2.18. The molecular formula is C14H21F2N. The van der Waals surface area contributed by atoms with E-state index in [1.165, 1.54) is 12.1 Å². The van der Waals surface area contributed by atoms with Crippen molar-refractivity contribution < 1.29 is 8.78 Å². The third-order valence-corrected chi connectivity index (χ3v) is 3.12. The highest BCUT2D eigenvalue weighted by atomic mass is 19.1. The number of hydrogen-bond donors (Lipinski definition) is 1. The van der Waals surface area contributed by atoms with E-state index in [1.807, 2.05) is 7.05 Å². The van der Waals surface area contributed by atoms with Crippen LogP contribution in [0.15, 0.2) is 12.1 Å². The summed E-state index contributed by atoms with van der Waals surface area (Å²) in [7, 11) is 1.92. The number of halogens is 2. The third kappa shape index (κ3) is 4.43. The highest BCUT2D eigenvalue weighted by Gasteiger charge is 2.09. The molecule has 96 valence electrons. The predicted octanol–water partition coefficient (Wildman–Crippen LogP) is 3.45. The van der Waals surface area contributed by atoms with Crippen LogP contribution in [0.3, 0.4) is 0 Å². The van der Waals surface area contributed by atoms with E-state index in [4.69, 9.17) is 0 Å². The maximum atomic E-state index is 13.6. The van der Waals surface area contributed by atoms with Crippen LogP contribution in [0.5, 0.6) is 0 Å². The van der Waals surface area contributed by atoms with Gasteiger partial charge in [-0.2, -0.15) is 0 Å². The summed E-state index contributed by atoms with van der Waals surface area (Å²) in [5, 5.41) is 3.09. The van der Waals surface area contributed by atoms with Crippen LogP contribution in [-0.2, 0) is 6.42 Å². The van der Waals surface area contributed by atoms with Gasteiger partial charge in [0, 0.05) is 0 Å². The molecular weight excluding hydrogens is 220 g/mol. The van der Waals surface area contributed by atoms with Gasteiger partial charge >= 0.3 is 0 Å². The first-order chi connectivity index (χ1) is 8.04. The second kappa shape index (κ2) is 6.70. The van der Waals surface area contributed by atoms with Crippen molar-refractivity contribution in [3.05, 3.63) is 34.9 Å². The van der Waals surface area contributed by atoms with E-state index in [0.717, 1.165) is 19.4 Å². The second-order valence-electron chi connectivity index (χ2n) is 4.73. The first-order valence-electron chi connectivity index (χ1n) is 6.13. The Morgan fingerprint density at radius 2 is 1.88 bits per heavy atom. The van der Waals surface area contributed by atoms with E-state index in [1.54, 1.807) is 6.92 Å². The molecule has 0 saturated heterocycles. The molecule has 0 spiro atoms. The molecule has 1 rings (SSSR count). The maximum absolute atomic E-state index is 13.6. The Hall–Kier alpha value is -0.960. The van der Waals surface area contributed by atoms with Gasteiger partial charge in [-0.25, -0.2) is 8.78 Å². The molecule has 0 aliphatic rings. The van der Waals surface area contributed by atoms with Crippen molar-refractivity contribution in [3.63, 3.8) is 0 Å². The van der Waals surface area contributed by atoms with Crippen molar-refractivity contribution in [2.24, 2.45) is 5.92 Å². The van der Waals surface area contributed by atoms with Gasteiger partial charge in [0.25, 0.3) is 0 Å². The normalized spacial score (nSPS) is 12.8. The minimum atomic E-state index is -0.315. The van der Waals surface area contributed by atoms with Crippen molar-refractivity contribution in [3.8, 4) is 0 Å². The van der Waals surface area contributed by atoms with Crippen molar-refractivity contribution >= 4 is 0 Å². The summed E-state index contributed by atoms with van der Waals surface area (Å²) >= 11 is 0. The van der Waals surface area contributed by atoms with Gasteiger partial charge in [-0.1, -0.05) is 6.92 Å². The largest absolute Gasteiger partial charge is 0.320 e. The minimum absolute atomic E-state index is 0.287. The van der Waals surface area contributed by atoms with Crippen molar-refractivity contribution in [1.29, 1.82) is 0 Å². The molecule has 1 aromatic carbocycles. The molecule has 0 amide bonds. The van der Waals surface area contributed by atoms with Gasteiger partial charge < -0.3 is 5.32 Å². The lowest BCUT2D eigenvalue weighted by molar-refractivity contribution is 0.474. The van der Waals surface area contributed by atoms with Gasteiger partial charge in [-0.05, 0) is 69.0 Å². The number of hydrogen-bond acceptors (Lipinski definition) is 1. The van der Waals surface area contributed by atoms with Crippen LogP contribution >= 0.6 is 0 Å². The molecule has 1 unspecified atom stereocenters. The Morgan fingerprint density at radius 3 is 2.53 bits per heavy atom. The first-order valence-corrected chi connectivity index (χ1v) is 6.13. The van der Waals surface area contributed by atoms with E-state index in [2.05, 4.69) is 12.2 Å². The molecule has 0 saturated carbocycles. The molecule has 0 aromatic heterocycles. The van der Waals surface area contributed by atoms with Gasteiger partial charge in [0.1, 0.15) is 11.6 Å². The van der Waals surface area contributed by atoms with E-state index >= 15 is 0 Å². The molecule has 1 aromatic rings. The van der Waals surface area contributed by atoms with Crippen LogP contribution in [0.2, 0.25) is 0 Å².